The Kier molecular flexibility index (Phi) is 6.90. The van der Waals surface area contributed by atoms with Gasteiger partial charge in [-0.05, 0) is 84.1 Å². The third-order valence-electron chi connectivity index (χ3n) is 8.83. The van der Waals surface area contributed by atoms with E-state index in [0.29, 0.717) is 11.4 Å². The van der Waals surface area contributed by atoms with Gasteiger partial charge in [-0.25, -0.2) is 9.97 Å². The van der Waals surface area contributed by atoms with Crippen LogP contribution < -0.4 is 4.90 Å². The number of phenolic OH excluding ortho intramolecular Hbond substituents is 1. The van der Waals surface area contributed by atoms with Crippen LogP contribution in [0.15, 0.2) is 109 Å². The van der Waals surface area contributed by atoms with Crippen molar-refractivity contribution in [1.29, 1.82) is 0 Å². The molecule has 4 nitrogen and oxygen atoms in total. The normalized spacial score (nSPS) is 13.2. The Morgan fingerprint density at radius 2 is 1.58 bits per heavy atom. The average molecular weight is 586 g/mol. The summed E-state index contributed by atoms with van der Waals surface area (Å²) in [6.45, 7) is 11.0. The SMILES string of the molecule is Cc1ccnc(N2c3ccccc3C(C)(C)c3c(C#Cc4ccccc4)cc(-c4ccc5c(C(C)C)ccc(O)c5n4)cc32)c1. The smallest absolute Gasteiger partial charge is 0.141 e. The molecule has 0 radical (unpaired) electrons. The van der Waals surface area contributed by atoms with Crippen molar-refractivity contribution in [2.24, 2.45) is 0 Å². The maximum Gasteiger partial charge on any atom is 0.141 e. The van der Waals surface area contributed by atoms with E-state index in [9.17, 15) is 5.11 Å². The molecular weight excluding hydrogens is 550 g/mol. The monoisotopic (exact) mass is 585 g/mol. The molecule has 45 heavy (non-hydrogen) atoms. The second-order valence-corrected chi connectivity index (χ2v) is 12.6. The largest absolute Gasteiger partial charge is 0.506 e. The van der Waals surface area contributed by atoms with Crippen LogP contribution in [-0.4, -0.2) is 15.1 Å². The van der Waals surface area contributed by atoms with Crippen LogP contribution in [-0.2, 0) is 5.41 Å². The van der Waals surface area contributed by atoms with E-state index < -0.39 is 0 Å². The van der Waals surface area contributed by atoms with Crippen molar-refractivity contribution in [3.05, 3.63) is 143 Å². The van der Waals surface area contributed by atoms with Gasteiger partial charge < -0.3 is 5.11 Å². The Morgan fingerprint density at radius 1 is 0.800 bits per heavy atom. The third-order valence-corrected chi connectivity index (χ3v) is 8.83. The minimum atomic E-state index is -0.341. The first-order valence-corrected chi connectivity index (χ1v) is 15.4. The van der Waals surface area contributed by atoms with Gasteiger partial charge in [0.15, 0.2) is 0 Å². The molecule has 1 aliphatic rings. The lowest BCUT2D eigenvalue weighted by Crippen LogP contribution is -2.32. The van der Waals surface area contributed by atoms with Gasteiger partial charge in [-0.1, -0.05) is 88.1 Å². The van der Waals surface area contributed by atoms with Crippen LogP contribution in [0.2, 0.25) is 0 Å². The number of phenols is 1. The standard InChI is InChI=1S/C41H35N3O/c1-26(2)31-18-20-37(45)40-32(31)17-19-34(43-40)30-24-29(16-15-28-11-7-6-8-12-28)39-36(25-30)44(38-23-27(3)21-22-42-38)35-14-10-9-13-33(35)41(39,4)5/h6-14,17-26,45H,1-5H3. The molecule has 0 aliphatic carbocycles. The molecule has 1 N–H and O–H groups in total. The van der Waals surface area contributed by atoms with Crippen LogP contribution in [0.25, 0.3) is 22.2 Å². The highest BCUT2D eigenvalue weighted by Gasteiger charge is 2.39. The van der Waals surface area contributed by atoms with Crippen molar-refractivity contribution < 1.29 is 5.11 Å². The molecule has 0 bridgehead atoms. The summed E-state index contributed by atoms with van der Waals surface area (Å²) < 4.78 is 0. The van der Waals surface area contributed by atoms with Gasteiger partial charge in [0.1, 0.15) is 17.1 Å². The maximum atomic E-state index is 10.9. The van der Waals surface area contributed by atoms with Crippen molar-refractivity contribution in [2.75, 3.05) is 4.90 Å². The average Bonchev–Trinajstić information content (AvgIpc) is 3.04. The van der Waals surface area contributed by atoms with Crippen molar-refractivity contribution in [2.45, 2.75) is 46.0 Å². The van der Waals surface area contributed by atoms with Gasteiger partial charge in [0.25, 0.3) is 0 Å². The van der Waals surface area contributed by atoms with Gasteiger partial charge in [-0.15, -0.1) is 0 Å². The molecule has 0 saturated heterocycles. The van der Waals surface area contributed by atoms with E-state index in [1.54, 1.807) is 6.07 Å². The molecule has 0 unspecified atom stereocenters. The van der Waals surface area contributed by atoms with Crippen LogP contribution in [0.1, 0.15) is 67.0 Å². The molecule has 0 fully saturated rings. The molecule has 2 aromatic heterocycles. The van der Waals surface area contributed by atoms with Crippen LogP contribution in [0, 0.1) is 18.8 Å². The molecule has 7 rings (SSSR count). The molecule has 0 atom stereocenters. The first kappa shape index (κ1) is 28.4. The number of rotatable bonds is 3. The van der Waals surface area contributed by atoms with Crippen LogP contribution in [0.5, 0.6) is 5.75 Å². The molecule has 1 aliphatic heterocycles. The van der Waals surface area contributed by atoms with Crippen molar-refractivity contribution in [3.8, 4) is 28.8 Å². The van der Waals surface area contributed by atoms with Crippen molar-refractivity contribution in [3.63, 3.8) is 0 Å². The lowest BCUT2D eigenvalue weighted by molar-refractivity contribution is 0.480. The van der Waals surface area contributed by atoms with Gasteiger partial charge in [-0.3, -0.25) is 4.90 Å². The second kappa shape index (κ2) is 10.9. The number of anilines is 3. The van der Waals surface area contributed by atoms with Gasteiger partial charge >= 0.3 is 0 Å². The highest BCUT2D eigenvalue weighted by atomic mass is 16.3. The summed E-state index contributed by atoms with van der Waals surface area (Å²) in [4.78, 5) is 12.2. The number of aromatic nitrogens is 2. The summed E-state index contributed by atoms with van der Waals surface area (Å²) in [5.41, 5.74) is 10.6. The quantitative estimate of drug-likeness (QED) is 0.210. The summed E-state index contributed by atoms with van der Waals surface area (Å²) in [6, 6.07) is 35.1. The van der Waals surface area contributed by atoms with E-state index in [1.807, 2.05) is 48.7 Å². The molecule has 3 heterocycles. The number of nitrogens with zero attached hydrogens (tertiary/aromatic N) is 3. The minimum absolute atomic E-state index is 0.180. The molecular formula is C41H35N3O. The minimum Gasteiger partial charge on any atom is -0.506 e. The summed E-state index contributed by atoms with van der Waals surface area (Å²) in [5.74, 6) is 8.33. The summed E-state index contributed by atoms with van der Waals surface area (Å²) in [7, 11) is 0. The Bertz CT molecular complexity index is 2150. The van der Waals surface area contributed by atoms with Crippen molar-refractivity contribution >= 4 is 28.1 Å². The number of para-hydroxylation sites is 1. The lowest BCUT2D eigenvalue weighted by atomic mass is 9.71. The fourth-order valence-electron chi connectivity index (χ4n) is 6.61. The van der Waals surface area contributed by atoms with Gasteiger partial charge in [0, 0.05) is 39.3 Å². The number of hydrogen-bond donors (Lipinski definition) is 1. The number of benzene rings is 4. The van der Waals surface area contributed by atoms with Gasteiger partial charge in [-0.2, -0.15) is 0 Å². The Morgan fingerprint density at radius 3 is 2.36 bits per heavy atom. The molecule has 4 aromatic carbocycles. The van der Waals surface area contributed by atoms with E-state index in [0.717, 1.165) is 61.7 Å². The maximum absolute atomic E-state index is 10.9. The molecule has 6 aromatic rings. The highest BCUT2D eigenvalue weighted by molar-refractivity contribution is 5.92. The summed E-state index contributed by atoms with van der Waals surface area (Å²) in [5, 5.41) is 11.9. The predicted octanol–water partition coefficient (Wildman–Crippen LogP) is 9.94. The fraction of sp³-hybridized carbons (Fsp3) is 0.171. The van der Waals surface area contributed by atoms with E-state index >= 15 is 0 Å². The molecule has 0 saturated carbocycles. The van der Waals surface area contributed by atoms with Crippen LogP contribution in [0.3, 0.4) is 0 Å². The number of aromatic hydroxyl groups is 1. The molecule has 4 heteroatoms. The zero-order valence-electron chi connectivity index (χ0n) is 26.3. The predicted molar refractivity (Wildman–Crippen MR) is 185 cm³/mol. The number of pyridine rings is 2. The highest BCUT2D eigenvalue weighted by Crippen LogP contribution is 2.53. The molecule has 0 amide bonds. The van der Waals surface area contributed by atoms with Gasteiger partial charge in [0.2, 0.25) is 0 Å². The van der Waals surface area contributed by atoms with E-state index in [-0.39, 0.29) is 11.2 Å². The zero-order chi connectivity index (χ0) is 31.3. The zero-order valence-corrected chi connectivity index (χ0v) is 26.3. The second-order valence-electron chi connectivity index (χ2n) is 12.6. The fourth-order valence-corrected chi connectivity index (χ4v) is 6.61. The lowest BCUT2D eigenvalue weighted by Gasteiger charge is -2.42. The van der Waals surface area contributed by atoms with E-state index in [2.05, 4.69) is 106 Å². The number of aryl methyl sites for hydroxylation is 1. The number of hydrogen-bond acceptors (Lipinski definition) is 4. The van der Waals surface area contributed by atoms with Crippen LogP contribution in [0.4, 0.5) is 17.2 Å². The third kappa shape index (κ3) is 4.91. The Labute approximate surface area is 265 Å². The first-order chi connectivity index (χ1) is 21.7. The van der Waals surface area contributed by atoms with Gasteiger partial charge in [0.05, 0.1) is 17.1 Å². The van der Waals surface area contributed by atoms with E-state index in [1.165, 1.54) is 5.56 Å². The molecule has 0 spiro atoms. The summed E-state index contributed by atoms with van der Waals surface area (Å²) in [6.07, 6.45) is 1.87. The van der Waals surface area contributed by atoms with Crippen LogP contribution >= 0.6 is 0 Å². The molecule has 220 valence electrons. The Balaban J connectivity index is 1.54. The topological polar surface area (TPSA) is 49.2 Å². The first-order valence-electron chi connectivity index (χ1n) is 15.4. The number of fused-ring (bicyclic) bond motifs is 3. The Hall–Kier alpha value is -5.40. The summed E-state index contributed by atoms with van der Waals surface area (Å²) >= 11 is 0. The van der Waals surface area contributed by atoms with E-state index in [4.69, 9.17) is 9.97 Å². The van der Waals surface area contributed by atoms with Crippen molar-refractivity contribution in [1.82, 2.24) is 9.97 Å².